The number of pyridine rings is 1. The summed E-state index contributed by atoms with van der Waals surface area (Å²) < 4.78 is 1.92. The average molecular weight is 195 g/mol. The molecule has 0 spiro atoms. The number of aromatic nitrogens is 3. The van der Waals surface area contributed by atoms with E-state index in [1.807, 2.05) is 35.2 Å². The summed E-state index contributed by atoms with van der Waals surface area (Å²) in [5.41, 5.74) is 0. The second-order valence-corrected chi connectivity index (χ2v) is 3.33. The molecule has 0 fully saturated rings. The van der Waals surface area contributed by atoms with Crippen molar-refractivity contribution < 1.29 is 0 Å². The summed E-state index contributed by atoms with van der Waals surface area (Å²) >= 11 is 0. The van der Waals surface area contributed by atoms with E-state index in [2.05, 4.69) is 22.1 Å². The highest BCUT2D eigenvalue weighted by atomic mass is 15.1. The molecule has 72 valence electrons. The van der Waals surface area contributed by atoms with Gasteiger partial charge < -0.3 is 0 Å². The first kappa shape index (κ1) is 8.17. The van der Waals surface area contributed by atoms with Crippen LogP contribution in [0.25, 0.3) is 16.6 Å². The van der Waals surface area contributed by atoms with Gasteiger partial charge in [-0.2, -0.15) is 0 Å². The van der Waals surface area contributed by atoms with E-state index in [9.17, 15) is 0 Å². The third kappa shape index (κ3) is 1.29. The molecule has 1 aromatic carbocycles. The number of benzene rings is 1. The van der Waals surface area contributed by atoms with Crippen LogP contribution >= 0.6 is 0 Å². The quantitative estimate of drug-likeness (QED) is 0.597. The summed E-state index contributed by atoms with van der Waals surface area (Å²) in [6.07, 6.45) is 7.23. The number of hydrogen-bond acceptors (Lipinski definition) is 2. The summed E-state index contributed by atoms with van der Waals surface area (Å²) in [4.78, 5) is 8.40. The largest absolute Gasteiger partial charge is 0.290 e. The number of nitrogens with zero attached hydrogens (tertiary/aromatic N) is 3. The highest BCUT2D eigenvalue weighted by Gasteiger charge is 2.02. The Hall–Kier alpha value is -2.16. The molecule has 0 atom stereocenters. The molecule has 0 radical (unpaired) electrons. The first-order valence-electron chi connectivity index (χ1n) is 4.77. The van der Waals surface area contributed by atoms with Gasteiger partial charge in [-0.25, -0.2) is 9.97 Å². The van der Waals surface area contributed by atoms with Crippen molar-refractivity contribution in [3.05, 3.63) is 55.2 Å². The van der Waals surface area contributed by atoms with Crippen molar-refractivity contribution in [1.82, 2.24) is 14.5 Å². The molecule has 2 aromatic heterocycles. The van der Waals surface area contributed by atoms with Gasteiger partial charge in [0.25, 0.3) is 0 Å². The van der Waals surface area contributed by atoms with E-state index in [1.165, 1.54) is 5.39 Å². The van der Waals surface area contributed by atoms with Crippen molar-refractivity contribution in [2.75, 3.05) is 0 Å². The van der Waals surface area contributed by atoms with Crippen LogP contribution in [0.3, 0.4) is 0 Å². The molecule has 0 unspecified atom stereocenters. The fraction of sp³-hybridized carbons (Fsp3) is 0. The number of rotatable bonds is 1. The van der Waals surface area contributed by atoms with Gasteiger partial charge in [0.1, 0.15) is 12.1 Å². The summed E-state index contributed by atoms with van der Waals surface area (Å²) in [6.45, 7) is 0. The molecule has 15 heavy (non-hydrogen) atoms. The molecule has 3 heteroatoms. The Labute approximate surface area is 87.0 Å². The third-order valence-electron chi connectivity index (χ3n) is 2.40. The van der Waals surface area contributed by atoms with E-state index in [0.717, 1.165) is 11.2 Å². The van der Waals surface area contributed by atoms with Crippen LogP contribution in [0.4, 0.5) is 0 Å². The van der Waals surface area contributed by atoms with Gasteiger partial charge in [-0.15, -0.1) is 0 Å². The molecule has 0 aliphatic rings. The van der Waals surface area contributed by atoms with Crippen LogP contribution in [0.5, 0.6) is 0 Å². The highest BCUT2D eigenvalue weighted by molar-refractivity contribution is 5.88. The van der Waals surface area contributed by atoms with E-state index >= 15 is 0 Å². The van der Waals surface area contributed by atoms with E-state index in [1.54, 1.807) is 12.5 Å². The van der Waals surface area contributed by atoms with Crippen LogP contribution in [0.1, 0.15) is 0 Å². The molecule has 0 amide bonds. The van der Waals surface area contributed by atoms with Crippen LogP contribution < -0.4 is 0 Å². The molecule has 0 bridgehead atoms. The molecule has 0 saturated carbocycles. The zero-order chi connectivity index (χ0) is 10.1. The third-order valence-corrected chi connectivity index (χ3v) is 2.40. The molecule has 3 aromatic rings. The number of fused-ring (bicyclic) bond motifs is 1. The van der Waals surface area contributed by atoms with E-state index in [4.69, 9.17) is 0 Å². The smallest absolute Gasteiger partial charge is 0.145 e. The lowest BCUT2D eigenvalue weighted by atomic mass is 10.1. The predicted octanol–water partition coefficient (Wildman–Crippen LogP) is 2.42. The van der Waals surface area contributed by atoms with Crippen LogP contribution in [0, 0.1) is 0 Å². The molecular weight excluding hydrogens is 186 g/mol. The molecule has 0 aliphatic heterocycles. The fourth-order valence-corrected chi connectivity index (χ4v) is 1.69. The Bertz CT molecular complexity index is 579. The van der Waals surface area contributed by atoms with Gasteiger partial charge in [-0.1, -0.05) is 24.3 Å². The topological polar surface area (TPSA) is 30.7 Å². The van der Waals surface area contributed by atoms with Gasteiger partial charge in [0.2, 0.25) is 0 Å². The van der Waals surface area contributed by atoms with Gasteiger partial charge in [-0.05, 0) is 11.5 Å². The zero-order valence-electron chi connectivity index (χ0n) is 8.04. The minimum atomic E-state index is 0.922. The molecule has 0 saturated heterocycles. The van der Waals surface area contributed by atoms with Gasteiger partial charge in [0.05, 0.1) is 0 Å². The Morgan fingerprint density at radius 1 is 1.00 bits per heavy atom. The van der Waals surface area contributed by atoms with Gasteiger partial charge in [0.15, 0.2) is 0 Å². The SMILES string of the molecule is c1ccc2c(-n3ccnc3)nccc2c1. The molecule has 3 rings (SSSR count). The Kier molecular flexibility index (Phi) is 1.75. The van der Waals surface area contributed by atoms with Crippen molar-refractivity contribution in [2.45, 2.75) is 0 Å². The highest BCUT2D eigenvalue weighted by Crippen LogP contribution is 2.18. The van der Waals surface area contributed by atoms with Gasteiger partial charge >= 0.3 is 0 Å². The van der Waals surface area contributed by atoms with Crippen molar-refractivity contribution in [3.63, 3.8) is 0 Å². The first-order chi connectivity index (χ1) is 7.45. The van der Waals surface area contributed by atoms with Crippen molar-refractivity contribution >= 4 is 10.8 Å². The average Bonchev–Trinajstić information content (AvgIpc) is 2.82. The van der Waals surface area contributed by atoms with E-state index < -0.39 is 0 Å². The summed E-state index contributed by atoms with van der Waals surface area (Å²) in [5, 5.41) is 2.33. The predicted molar refractivity (Wildman–Crippen MR) is 58.9 cm³/mol. The Morgan fingerprint density at radius 3 is 2.80 bits per heavy atom. The minimum Gasteiger partial charge on any atom is -0.290 e. The first-order valence-corrected chi connectivity index (χ1v) is 4.77. The lowest BCUT2D eigenvalue weighted by molar-refractivity contribution is 1.01. The van der Waals surface area contributed by atoms with Gasteiger partial charge in [0, 0.05) is 24.0 Å². The maximum atomic E-state index is 4.37. The van der Waals surface area contributed by atoms with E-state index in [0.29, 0.717) is 0 Å². The summed E-state index contributed by atoms with van der Waals surface area (Å²) in [6, 6.07) is 10.2. The Morgan fingerprint density at radius 2 is 1.93 bits per heavy atom. The molecule has 2 heterocycles. The van der Waals surface area contributed by atoms with E-state index in [-0.39, 0.29) is 0 Å². The van der Waals surface area contributed by atoms with Crippen LogP contribution in [-0.4, -0.2) is 14.5 Å². The maximum absolute atomic E-state index is 4.37. The van der Waals surface area contributed by atoms with Crippen molar-refractivity contribution in [1.29, 1.82) is 0 Å². The minimum absolute atomic E-state index is 0.922. The van der Waals surface area contributed by atoms with Crippen LogP contribution in [-0.2, 0) is 0 Å². The lowest BCUT2D eigenvalue weighted by Gasteiger charge is -2.04. The monoisotopic (exact) mass is 195 g/mol. The summed E-state index contributed by atoms with van der Waals surface area (Å²) in [5.74, 6) is 0.922. The normalized spacial score (nSPS) is 10.7. The number of imidazole rings is 1. The molecule has 3 nitrogen and oxygen atoms in total. The molecular formula is C12H9N3. The second-order valence-electron chi connectivity index (χ2n) is 3.33. The Balaban J connectivity index is 2.36. The van der Waals surface area contributed by atoms with Gasteiger partial charge in [-0.3, -0.25) is 4.57 Å². The lowest BCUT2D eigenvalue weighted by Crippen LogP contribution is -1.94. The standard InChI is InChI=1S/C12H9N3/c1-2-4-11-10(3-1)5-6-14-12(11)15-8-7-13-9-15/h1-9H. The fourth-order valence-electron chi connectivity index (χ4n) is 1.69. The summed E-state index contributed by atoms with van der Waals surface area (Å²) in [7, 11) is 0. The molecule has 0 N–H and O–H groups in total. The molecule has 0 aliphatic carbocycles. The van der Waals surface area contributed by atoms with Crippen molar-refractivity contribution in [3.8, 4) is 5.82 Å². The number of hydrogen-bond donors (Lipinski definition) is 0. The van der Waals surface area contributed by atoms with Crippen molar-refractivity contribution in [2.24, 2.45) is 0 Å². The zero-order valence-corrected chi connectivity index (χ0v) is 8.04. The second kappa shape index (κ2) is 3.20. The maximum Gasteiger partial charge on any atom is 0.145 e. The van der Waals surface area contributed by atoms with Crippen LogP contribution in [0.2, 0.25) is 0 Å². The van der Waals surface area contributed by atoms with Crippen LogP contribution in [0.15, 0.2) is 55.2 Å².